The van der Waals surface area contributed by atoms with E-state index in [2.05, 4.69) is 35.5 Å². The van der Waals surface area contributed by atoms with Crippen LogP contribution in [0.5, 0.6) is 5.88 Å². The van der Waals surface area contributed by atoms with Crippen LogP contribution in [0.3, 0.4) is 0 Å². The van der Waals surface area contributed by atoms with Gasteiger partial charge < -0.3 is 20.1 Å². The minimum Gasteiger partial charge on any atom is -0.481 e. The summed E-state index contributed by atoms with van der Waals surface area (Å²) in [6.45, 7) is -0.776. The summed E-state index contributed by atoms with van der Waals surface area (Å²) in [5.41, 5.74) is 0.664. The average Bonchev–Trinajstić information content (AvgIpc) is 3.53. The first-order chi connectivity index (χ1) is 18.1. The molecule has 0 unspecified atom stereocenters. The number of hydrogen-bond donors (Lipinski definition) is 3. The second-order valence-electron chi connectivity index (χ2n) is 10.1. The first kappa shape index (κ1) is 24.7. The molecule has 0 aromatic carbocycles. The zero-order chi connectivity index (χ0) is 26.7. The lowest BCUT2D eigenvalue weighted by Gasteiger charge is -2.61. The largest absolute Gasteiger partial charge is 0.522 e. The van der Waals surface area contributed by atoms with Crippen molar-refractivity contribution in [3.05, 3.63) is 29.7 Å². The summed E-state index contributed by atoms with van der Waals surface area (Å²) >= 11 is 0. The SMILES string of the molecule is COc1cc2nc(COC(F)(F)F)cn2c(Nc2cc([C@H]3CC[C@@H](OC(=O)NC45CC(C4)C5)[C@H]3F)[nH]n2)n1. The number of alkyl carbamates (subject to hydrolysis) is 1. The lowest BCUT2D eigenvalue weighted by Crippen LogP contribution is -2.68. The summed E-state index contributed by atoms with van der Waals surface area (Å²) in [6.07, 6.45) is -2.54. The minimum absolute atomic E-state index is 0.0264. The maximum Gasteiger partial charge on any atom is 0.522 e. The molecular formula is C23H25F4N7O4. The molecule has 1 amide bonds. The molecule has 11 nitrogen and oxygen atoms in total. The summed E-state index contributed by atoms with van der Waals surface area (Å²) in [7, 11) is 1.39. The zero-order valence-electron chi connectivity index (χ0n) is 20.2. The van der Waals surface area contributed by atoms with Crippen molar-refractivity contribution in [2.45, 2.75) is 68.8 Å². The number of ether oxygens (including phenoxy) is 3. The van der Waals surface area contributed by atoms with E-state index in [1.165, 1.54) is 23.8 Å². The number of methoxy groups -OCH3 is 1. The smallest absolute Gasteiger partial charge is 0.481 e. The van der Waals surface area contributed by atoms with Gasteiger partial charge in [-0.05, 0) is 38.0 Å². The molecule has 0 radical (unpaired) electrons. The Morgan fingerprint density at radius 2 is 2.03 bits per heavy atom. The molecular weight excluding hydrogens is 514 g/mol. The van der Waals surface area contributed by atoms with Crippen molar-refractivity contribution in [2.24, 2.45) is 5.92 Å². The minimum atomic E-state index is -4.79. The van der Waals surface area contributed by atoms with Crippen molar-refractivity contribution < 1.29 is 36.6 Å². The van der Waals surface area contributed by atoms with Gasteiger partial charge in [-0.2, -0.15) is 10.1 Å². The molecule has 3 aromatic rings. The number of H-pyrrole nitrogens is 1. The van der Waals surface area contributed by atoms with Crippen LogP contribution in [-0.4, -0.2) is 61.9 Å². The van der Waals surface area contributed by atoms with Crippen LogP contribution < -0.4 is 15.4 Å². The maximum atomic E-state index is 15.2. The summed E-state index contributed by atoms with van der Waals surface area (Å²) in [6, 6.07) is 3.06. The summed E-state index contributed by atoms with van der Waals surface area (Å²) in [5.74, 6) is 0.773. The molecule has 4 fully saturated rings. The van der Waals surface area contributed by atoms with E-state index in [9.17, 15) is 18.0 Å². The van der Waals surface area contributed by atoms with Gasteiger partial charge in [-0.25, -0.2) is 14.2 Å². The molecule has 3 heterocycles. The van der Waals surface area contributed by atoms with E-state index in [0.717, 1.165) is 19.3 Å². The number of nitrogens with one attached hydrogen (secondary N) is 3. The molecule has 0 spiro atoms. The summed E-state index contributed by atoms with van der Waals surface area (Å²) in [5, 5.41) is 12.8. The first-order valence-electron chi connectivity index (χ1n) is 12.2. The van der Waals surface area contributed by atoms with Crippen LogP contribution in [0.25, 0.3) is 5.65 Å². The van der Waals surface area contributed by atoms with E-state index < -0.39 is 37.3 Å². The predicted octanol–water partition coefficient (Wildman–Crippen LogP) is 4.10. The molecule has 4 aliphatic carbocycles. The van der Waals surface area contributed by atoms with Gasteiger partial charge in [0.1, 0.15) is 17.9 Å². The van der Waals surface area contributed by atoms with Crippen molar-refractivity contribution in [1.82, 2.24) is 29.9 Å². The van der Waals surface area contributed by atoms with Crippen molar-refractivity contribution in [3.8, 4) is 5.88 Å². The number of halogens is 4. The summed E-state index contributed by atoms with van der Waals surface area (Å²) < 4.78 is 68.4. The molecule has 0 saturated heterocycles. The van der Waals surface area contributed by atoms with Crippen LogP contribution in [0.1, 0.15) is 49.4 Å². The number of alkyl halides is 4. The van der Waals surface area contributed by atoms with Crippen LogP contribution in [0.15, 0.2) is 18.3 Å². The number of anilines is 2. The fraction of sp³-hybridized carbons (Fsp3) is 0.565. The van der Waals surface area contributed by atoms with Gasteiger partial charge in [-0.3, -0.25) is 14.2 Å². The normalized spacial score (nSPS) is 28.0. The van der Waals surface area contributed by atoms with Crippen molar-refractivity contribution in [1.29, 1.82) is 0 Å². The van der Waals surface area contributed by atoms with Gasteiger partial charge >= 0.3 is 12.5 Å². The molecule has 3 atom stereocenters. The van der Waals surface area contributed by atoms with Gasteiger partial charge in [-0.15, -0.1) is 13.2 Å². The van der Waals surface area contributed by atoms with Crippen molar-refractivity contribution in [2.75, 3.05) is 12.4 Å². The third-order valence-corrected chi connectivity index (χ3v) is 7.48. The van der Waals surface area contributed by atoms with E-state index in [1.807, 2.05) is 0 Å². The third-order valence-electron chi connectivity index (χ3n) is 7.48. The molecule has 7 rings (SSSR count). The quantitative estimate of drug-likeness (QED) is 0.365. The number of carbonyl (C=O) groups is 1. The van der Waals surface area contributed by atoms with E-state index in [-0.39, 0.29) is 28.7 Å². The molecule has 0 aliphatic heterocycles. The fourth-order valence-corrected chi connectivity index (χ4v) is 5.53. The standard InChI is InChI=1S/C23H25F4N7O4/c1-36-18-5-17-28-12(10-37-23(25,26)27)9-34(17)20(30-18)29-16-4-14(32-33-16)13-2-3-15(19(13)24)38-21(35)31-22-6-11(7-22)8-22/h4-5,9,11,13,15,19H,2-3,6-8,10H2,1H3,(H,31,35)(H2,29,30,32,33)/t11?,13-,15-,19+,22?/m1/s1. The van der Waals surface area contributed by atoms with Crippen molar-refractivity contribution in [3.63, 3.8) is 0 Å². The molecule has 2 bridgehead atoms. The highest BCUT2D eigenvalue weighted by atomic mass is 19.4. The molecule has 3 aromatic heterocycles. The molecule has 15 heteroatoms. The topological polar surface area (TPSA) is 128 Å². The fourth-order valence-electron chi connectivity index (χ4n) is 5.53. The van der Waals surface area contributed by atoms with Crippen LogP contribution in [-0.2, 0) is 16.1 Å². The number of imidazole rings is 1. The highest BCUT2D eigenvalue weighted by Gasteiger charge is 2.58. The molecule has 38 heavy (non-hydrogen) atoms. The number of aromatic nitrogens is 5. The molecule has 3 N–H and O–H groups in total. The molecule has 4 saturated carbocycles. The third kappa shape index (κ3) is 4.70. The van der Waals surface area contributed by atoms with Crippen molar-refractivity contribution >= 4 is 23.5 Å². The Kier molecular flexibility index (Phi) is 5.85. The highest BCUT2D eigenvalue weighted by Crippen LogP contribution is 2.57. The van der Waals surface area contributed by atoms with Gasteiger partial charge in [0.15, 0.2) is 5.82 Å². The van der Waals surface area contributed by atoms with E-state index in [4.69, 9.17) is 9.47 Å². The monoisotopic (exact) mass is 539 g/mol. The Morgan fingerprint density at radius 3 is 2.71 bits per heavy atom. The second-order valence-corrected chi connectivity index (χ2v) is 10.1. The van der Waals surface area contributed by atoms with Gasteiger partial charge in [0.2, 0.25) is 11.8 Å². The van der Waals surface area contributed by atoms with Crippen LogP contribution in [0.4, 0.5) is 34.1 Å². The lowest BCUT2D eigenvalue weighted by atomic mass is 9.50. The van der Waals surface area contributed by atoms with Gasteiger partial charge in [-0.1, -0.05) is 0 Å². The zero-order valence-corrected chi connectivity index (χ0v) is 20.2. The first-order valence-corrected chi connectivity index (χ1v) is 12.2. The predicted molar refractivity (Wildman–Crippen MR) is 123 cm³/mol. The Hall–Kier alpha value is -3.62. The Morgan fingerprint density at radius 1 is 1.24 bits per heavy atom. The maximum absolute atomic E-state index is 15.2. The van der Waals surface area contributed by atoms with E-state index in [0.29, 0.717) is 30.3 Å². The number of hydrogen-bond acceptors (Lipinski definition) is 8. The summed E-state index contributed by atoms with van der Waals surface area (Å²) in [4.78, 5) is 20.7. The Balaban J connectivity index is 1.13. The second kappa shape index (κ2) is 8.99. The van der Waals surface area contributed by atoms with Crippen LogP contribution in [0, 0.1) is 5.92 Å². The van der Waals surface area contributed by atoms with Gasteiger partial charge in [0.05, 0.1) is 19.4 Å². The Labute approximate surface area is 213 Å². The average molecular weight is 539 g/mol. The number of amides is 1. The van der Waals surface area contributed by atoms with Crippen LogP contribution >= 0.6 is 0 Å². The number of fused-ring (bicyclic) bond motifs is 1. The lowest BCUT2D eigenvalue weighted by molar-refractivity contribution is -0.330. The molecule has 204 valence electrons. The van der Waals surface area contributed by atoms with Gasteiger partial charge in [0.25, 0.3) is 0 Å². The number of rotatable bonds is 8. The molecule has 4 aliphatic rings. The van der Waals surface area contributed by atoms with Crippen LogP contribution in [0.2, 0.25) is 0 Å². The van der Waals surface area contributed by atoms with E-state index >= 15 is 4.39 Å². The van der Waals surface area contributed by atoms with E-state index in [1.54, 1.807) is 6.07 Å². The Bertz CT molecular complexity index is 1340. The number of nitrogens with zero attached hydrogens (tertiary/aromatic N) is 4. The highest BCUT2D eigenvalue weighted by molar-refractivity contribution is 5.69. The number of carbonyl (C=O) groups excluding carboxylic acids is 1. The van der Waals surface area contributed by atoms with Gasteiger partial charge in [0, 0.05) is 35.5 Å². The number of aromatic amines is 1.